The lowest BCUT2D eigenvalue weighted by Crippen LogP contribution is -2.40. The molecule has 0 unspecified atom stereocenters. The third-order valence-electron chi connectivity index (χ3n) is 3.39. The van der Waals surface area contributed by atoms with Gasteiger partial charge in [-0.2, -0.15) is 0 Å². The maximum atomic E-state index is 11.8. The number of carbonyl (C=O) groups is 1. The van der Waals surface area contributed by atoms with E-state index in [1.165, 1.54) is 6.42 Å². The highest BCUT2D eigenvalue weighted by Gasteiger charge is 2.17. The van der Waals surface area contributed by atoms with Crippen molar-refractivity contribution in [2.45, 2.75) is 58.2 Å². The van der Waals surface area contributed by atoms with Crippen molar-refractivity contribution < 1.29 is 9.53 Å². The minimum absolute atomic E-state index is 0.127. The quantitative estimate of drug-likeness (QED) is 0.848. The van der Waals surface area contributed by atoms with Crippen molar-refractivity contribution in [2.75, 3.05) is 6.61 Å². The second-order valence-corrected chi connectivity index (χ2v) is 6.62. The summed E-state index contributed by atoms with van der Waals surface area (Å²) in [5, 5.41) is 6.72. The average molecular weight is 297 g/mol. The second kappa shape index (κ2) is 7.59. The largest absolute Gasteiger partial charge is 0.378 e. The molecule has 5 nitrogen and oxygen atoms in total. The minimum atomic E-state index is -0.127. The van der Waals surface area contributed by atoms with Crippen molar-refractivity contribution in [1.29, 1.82) is 0 Å². The molecule has 2 N–H and O–H groups in total. The summed E-state index contributed by atoms with van der Waals surface area (Å²) in [5.74, 6) is 0. The summed E-state index contributed by atoms with van der Waals surface area (Å²) in [5.41, 5.74) is 0. The standard InChI is InChI=1S/C14H23N3O2S/c1-10(5-6-12-4-3-7-19-12)17-14(18)16-9-13-15-8-11(2)20-13/h8,10,12H,3-7,9H2,1-2H3,(H2,16,17,18)/t10-,12+/m1/s1. The monoisotopic (exact) mass is 297 g/mol. The third-order valence-corrected chi connectivity index (χ3v) is 4.31. The van der Waals surface area contributed by atoms with Gasteiger partial charge in [0.15, 0.2) is 0 Å². The lowest BCUT2D eigenvalue weighted by Gasteiger charge is -2.16. The molecule has 2 amide bonds. The van der Waals surface area contributed by atoms with Crippen LogP contribution < -0.4 is 10.6 Å². The molecule has 1 fully saturated rings. The van der Waals surface area contributed by atoms with Gasteiger partial charge in [-0.1, -0.05) is 0 Å². The van der Waals surface area contributed by atoms with Crippen molar-refractivity contribution >= 4 is 17.4 Å². The van der Waals surface area contributed by atoms with Crippen molar-refractivity contribution in [2.24, 2.45) is 0 Å². The molecule has 20 heavy (non-hydrogen) atoms. The maximum absolute atomic E-state index is 11.8. The van der Waals surface area contributed by atoms with Crippen molar-refractivity contribution in [1.82, 2.24) is 15.6 Å². The Bertz CT molecular complexity index is 430. The smallest absolute Gasteiger partial charge is 0.315 e. The van der Waals surface area contributed by atoms with Crippen LogP contribution in [0.15, 0.2) is 6.20 Å². The van der Waals surface area contributed by atoms with Crippen molar-refractivity contribution in [3.05, 3.63) is 16.1 Å². The van der Waals surface area contributed by atoms with Gasteiger partial charge in [0.25, 0.3) is 0 Å². The Morgan fingerprint density at radius 2 is 2.50 bits per heavy atom. The molecule has 0 spiro atoms. The fourth-order valence-electron chi connectivity index (χ4n) is 2.29. The number of hydrogen-bond acceptors (Lipinski definition) is 4. The third kappa shape index (κ3) is 5.09. The van der Waals surface area contributed by atoms with Gasteiger partial charge in [-0.15, -0.1) is 11.3 Å². The fourth-order valence-corrected chi connectivity index (χ4v) is 3.02. The molecule has 1 aromatic heterocycles. The molecule has 1 aliphatic rings. The number of rotatable bonds is 6. The molecule has 2 rings (SSSR count). The zero-order chi connectivity index (χ0) is 14.4. The first-order chi connectivity index (χ1) is 9.63. The van der Waals surface area contributed by atoms with Crippen LogP contribution in [0.4, 0.5) is 4.79 Å². The van der Waals surface area contributed by atoms with Crippen molar-refractivity contribution in [3.63, 3.8) is 0 Å². The number of thiazole rings is 1. The molecule has 0 radical (unpaired) electrons. The Morgan fingerprint density at radius 1 is 1.65 bits per heavy atom. The van der Waals surface area contributed by atoms with Gasteiger partial charge in [-0.3, -0.25) is 0 Å². The van der Waals surface area contributed by atoms with E-state index in [0.29, 0.717) is 12.6 Å². The van der Waals surface area contributed by atoms with Crippen LogP contribution in [0.3, 0.4) is 0 Å². The first-order valence-corrected chi connectivity index (χ1v) is 8.02. The average Bonchev–Trinajstić information content (AvgIpc) is 3.05. The number of aromatic nitrogens is 1. The van der Waals surface area contributed by atoms with Gasteiger partial charge in [0.2, 0.25) is 0 Å². The van der Waals surface area contributed by atoms with Crippen LogP contribution in [-0.2, 0) is 11.3 Å². The molecule has 2 heterocycles. The molecule has 1 saturated heterocycles. The number of nitrogens with zero attached hydrogens (tertiary/aromatic N) is 1. The van der Waals surface area contributed by atoms with Crippen molar-refractivity contribution in [3.8, 4) is 0 Å². The summed E-state index contributed by atoms with van der Waals surface area (Å²) in [6, 6.07) is 0.0370. The normalized spacial score (nSPS) is 19.8. The first kappa shape index (κ1) is 15.3. The van der Waals surface area contributed by atoms with Crippen LogP contribution in [0.2, 0.25) is 0 Å². The number of nitrogens with one attached hydrogen (secondary N) is 2. The van der Waals surface area contributed by atoms with Crippen LogP contribution in [0.25, 0.3) is 0 Å². The lowest BCUT2D eigenvalue weighted by atomic mass is 10.1. The van der Waals surface area contributed by atoms with Gasteiger partial charge in [-0.25, -0.2) is 9.78 Å². The van der Waals surface area contributed by atoms with E-state index in [9.17, 15) is 4.79 Å². The molecule has 0 aromatic carbocycles. The SMILES string of the molecule is Cc1cnc(CNC(=O)N[C@H](C)CC[C@@H]2CCCO2)s1. The van der Waals surface area contributed by atoms with Gasteiger partial charge in [0.05, 0.1) is 12.6 Å². The Hall–Kier alpha value is -1.14. The van der Waals surface area contributed by atoms with Gasteiger partial charge < -0.3 is 15.4 Å². The minimum Gasteiger partial charge on any atom is -0.378 e. The molecule has 0 aliphatic carbocycles. The predicted octanol–water partition coefficient (Wildman–Crippen LogP) is 2.60. The molecule has 0 saturated carbocycles. The van der Waals surface area contributed by atoms with E-state index in [0.717, 1.165) is 35.8 Å². The lowest BCUT2D eigenvalue weighted by molar-refractivity contribution is 0.100. The van der Waals surface area contributed by atoms with Crippen LogP contribution in [0.1, 0.15) is 42.5 Å². The fraction of sp³-hybridized carbons (Fsp3) is 0.714. The highest BCUT2D eigenvalue weighted by atomic mass is 32.1. The number of amides is 2. The van der Waals surface area contributed by atoms with E-state index in [1.54, 1.807) is 11.3 Å². The van der Waals surface area contributed by atoms with Crippen LogP contribution in [0, 0.1) is 6.92 Å². The molecule has 1 aromatic rings. The number of ether oxygens (including phenoxy) is 1. The maximum Gasteiger partial charge on any atom is 0.315 e. The number of aryl methyl sites for hydroxylation is 1. The topological polar surface area (TPSA) is 63.2 Å². The Kier molecular flexibility index (Phi) is 5.79. The predicted molar refractivity (Wildman–Crippen MR) is 79.9 cm³/mol. The number of hydrogen-bond donors (Lipinski definition) is 2. The van der Waals surface area contributed by atoms with E-state index in [4.69, 9.17) is 4.74 Å². The Balaban J connectivity index is 1.60. The Morgan fingerprint density at radius 3 is 3.15 bits per heavy atom. The summed E-state index contributed by atoms with van der Waals surface area (Å²) < 4.78 is 5.58. The van der Waals surface area contributed by atoms with Gasteiger partial charge in [-0.05, 0) is 39.5 Å². The summed E-state index contributed by atoms with van der Waals surface area (Å²) in [6.07, 6.45) is 6.51. The summed E-state index contributed by atoms with van der Waals surface area (Å²) in [7, 11) is 0. The molecular formula is C14H23N3O2S. The molecular weight excluding hydrogens is 274 g/mol. The van der Waals surface area contributed by atoms with E-state index in [-0.39, 0.29) is 12.1 Å². The van der Waals surface area contributed by atoms with Gasteiger partial charge in [0, 0.05) is 23.7 Å². The van der Waals surface area contributed by atoms with Crippen LogP contribution in [0.5, 0.6) is 0 Å². The zero-order valence-electron chi connectivity index (χ0n) is 12.1. The molecule has 2 atom stereocenters. The summed E-state index contributed by atoms with van der Waals surface area (Å²) in [4.78, 5) is 17.1. The second-order valence-electron chi connectivity index (χ2n) is 5.31. The van der Waals surface area contributed by atoms with E-state index in [1.807, 2.05) is 20.0 Å². The van der Waals surface area contributed by atoms with Gasteiger partial charge in [0.1, 0.15) is 5.01 Å². The van der Waals surface area contributed by atoms with Crippen LogP contribution >= 0.6 is 11.3 Å². The van der Waals surface area contributed by atoms with E-state index >= 15 is 0 Å². The summed E-state index contributed by atoms with van der Waals surface area (Å²) >= 11 is 1.61. The van der Waals surface area contributed by atoms with E-state index in [2.05, 4.69) is 15.6 Å². The number of carbonyl (C=O) groups excluding carboxylic acids is 1. The molecule has 6 heteroatoms. The van der Waals surface area contributed by atoms with Gasteiger partial charge >= 0.3 is 6.03 Å². The zero-order valence-corrected chi connectivity index (χ0v) is 13.0. The highest BCUT2D eigenvalue weighted by molar-refractivity contribution is 7.11. The Labute approximate surface area is 124 Å². The first-order valence-electron chi connectivity index (χ1n) is 7.21. The molecule has 0 bridgehead atoms. The van der Waals surface area contributed by atoms with E-state index < -0.39 is 0 Å². The molecule has 1 aliphatic heterocycles. The van der Waals surface area contributed by atoms with Crippen LogP contribution in [-0.4, -0.2) is 29.8 Å². The highest BCUT2D eigenvalue weighted by Crippen LogP contribution is 2.17. The summed E-state index contributed by atoms with van der Waals surface area (Å²) in [6.45, 7) is 5.42. The molecule has 112 valence electrons. The number of urea groups is 1.